The molecular formula is C32H43F5N4O6S. The molecule has 0 saturated carbocycles. The lowest BCUT2D eigenvalue weighted by Gasteiger charge is -2.37. The van der Waals surface area contributed by atoms with Gasteiger partial charge in [0.15, 0.2) is 11.8 Å². The smallest absolute Gasteiger partial charge is 0.363 e. The van der Waals surface area contributed by atoms with Gasteiger partial charge in [0.1, 0.15) is 11.0 Å². The molecule has 0 aliphatic heterocycles. The third-order valence-electron chi connectivity index (χ3n) is 8.04. The number of aromatic nitrogens is 1. The highest BCUT2D eigenvalue weighted by Crippen LogP contribution is 2.33. The molecule has 0 aliphatic carbocycles. The second-order valence-electron chi connectivity index (χ2n) is 12.0. The van der Waals surface area contributed by atoms with Gasteiger partial charge in [0.05, 0.1) is 0 Å². The van der Waals surface area contributed by atoms with E-state index in [-0.39, 0.29) is 41.0 Å². The Morgan fingerprint density at radius 2 is 1.56 bits per heavy atom. The monoisotopic (exact) mass is 706 g/mol. The van der Waals surface area contributed by atoms with Gasteiger partial charge in [-0.1, -0.05) is 41.0 Å². The van der Waals surface area contributed by atoms with Crippen molar-refractivity contribution in [1.29, 1.82) is 0 Å². The summed E-state index contributed by atoms with van der Waals surface area (Å²) in [5, 5.41) is 7.11. The van der Waals surface area contributed by atoms with Gasteiger partial charge in [0, 0.05) is 37.7 Å². The second kappa shape index (κ2) is 18.2. The Morgan fingerprint density at radius 1 is 0.979 bits per heavy atom. The van der Waals surface area contributed by atoms with Gasteiger partial charge in [-0.2, -0.15) is 8.78 Å². The third kappa shape index (κ3) is 10.2. The van der Waals surface area contributed by atoms with Gasteiger partial charge >= 0.3 is 11.9 Å². The highest BCUT2D eigenvalue weighted by atomic mass is 32.1. The summed E-state index contributed by atoms with van der Waals surface area (Å²) in [7, 11) is 3.40. The summed E-state index contributed by atoms with van der Waals surface area (Å²) >= 11 is 0.814. The predicted octanol–water partition coefficient (Wildman–Crippen LogP) is 5.70. The average molecular weight is 707 g/mol. The molecule has 0 fully saturated rings. The maximum Gasteiger partial charge on any atom is 0.363 e. The number of likely N-dealkylation sites (N-methyl/N-ethyl adjacent to an activating group) is 1. The second-order valence-corrected chi connectivity index (χ2v) is 12.9. The van der Waals surface area contributed by atoms with E-state index in [2.05, 4.69) is 20.4 Å². The van der Waals surface area contributed by atoms with Crippen LogP contribution in [0.5, 0.6) is 5.75 Å². The molecule has 2 rings (SSSR count). The van der Waals surface area contributed by atoms with Crippen LogP contribution in [0.15, 0.2) is 5.38 Å². The zero-order valence-corrected chi connectivity index (χ0v) is 29.0. The summed E-state index contributed by atoms with van der Waals surface area (Å²) in [5.74, 6) is -17.0. The van der Waals surface area contributed by atoms with Crippen molar-refractivity contribution in [2.75, 3.05) is 20.6 Å². The van der Waals surface area contributed by atoms with Crippen LogP contribution in [0.25, 0.3) is 0 Å². The molecule has 5 atom stereocenters. The van der Waals surface area contributed by atoms with E-state index in [0.717, 1.165) is 36.6 Å². The largest absolute Gasteiger partial charge is 0.455 e. The standard InChI is InChI=1S/C32H43F5N4O6S/c1-9-16(4)27(40-29(43)17(5)11-10-12-38-7)31(44)41(8)20(15(2)3)13-21(46-18(6)42)30-39-19(14-48-30)32(45)47-28-25(36)23(34)22(33)24(35)26(28)37/h14-17,20-21,27,38H,9-13H2,1-8H3,(H,40,43)/t16-,17-,20+,21+,27-/m0/s1. The van der Waals surface area contributed by atoms with E-state index in [1.54, 1.807) is 14.0 Å². The Morgan fingerprint density at radius 3 is 2.08 bits per heavy atom. The molecule has 1 heterocycles. The molecule has 1 aromatic carbocycles. The van der Waals surface area contributed by atoms with E-state index in [1.807, 2.05) is 34.7 Å². The molecule has 0 aliphatic rings. The molecule has 16 heteroatoms. The lowest BCUT2D eigenvalue weighted by Crippen LogP contribution is -2.55. The van der Waals surface area contributed by atoms with Crippen LogP contribution in [-0.2, 0) is 19.1 Å². The topological polar surface area (TPSA) is 127 Å². The summed E-state index contributed by atoms with van der Waals surface area (Å²) in [6.07, 6.45) is 0.903. The van der Waals surface area contributed by atoms with Crippen LogP contribution >= 0.6 is 11.3 Å². The van der Waals surface area contributed by atoms with Crippen molar-refractivity contribution in [3.05, 3.63) is 45.2 Å². The average Bonchev–Trinajstić information content (AvgIpc) is 3.54. The van der Waals surface area contributed by atoms with Crippen molar-refractivity contribution in [3.63, 3.8) is 0 Å². The number of nitrogens with one attached hydrogen (secondary N) is 2. The predicted molar refractivity (Wildman–Crippen MR) is 168 cm³/mol. The summed E-state index contributed by atoms with van der Waals surface area (Å²) in [5.41, 5.74) is -0.551. The van der Waals surface area contributed by atoms with Gasteiger partial charge in [-0.15, -0.1) is 11.3 Å². The molecule has 268 valence electrons. The van der Waals surface area contributed by atoms with Crippen LogP contribution in [0, 0.1) is 46.8 Å². The number of nitrogens with zero attached hydrogens (tertiary/aromatic N) is 2. The Hall–Kier alpha value is -3.66. The van der Waals surface area contributed by atoms with E-state index in [9.17, 15) is 41.1 Å². The van der Waals surface area contributed by atoms with Gasteiger partial charge < -0.3 is 25.0 Å². The molecule has 0 unspecified atom stereocenters. The van der Waals surface area contributed by atoms with Gasteiger partial charge in [0.25, 0.3) is 0 Å². The number of halogens is 5. The Labute approximate surface area is 280 Å². The quantitative estimate of drug-likeness (QED) is 0.0536. The molecule has 0 radical (unpaired) electrons. The van der Waals surface area contributed by atoms with E-state index in [4.69, 9.17) is 4.74 Å². The fraction of sp³-hybridized carbons (Fsp3) is 0.594. The minimum absolute atomic E-state index is 0.000716. The van der Waals surface area contributed by atoms with Crippen molar-refractivity contribution >= 4 is 35.1 Å². The molecule has 0 saturated heterocycles. The minimum atomic E-state index is -2.42. The van der Waals surface area contributed by atoms with Crippen molar-refractivity contribution in [2.45, 2.75) is 85.4 Å². The summed E-state index contributed by atoms with van der Waals surface area (Å²) in [6.45, 7) is 11.1. The number of hydrogen-bond acceptors (Lipinski definition) is 9. The highest BCUT2D eigenvalue weighted by molar-refractivity contribution is 7.09. The lowest BCUT2D eigenvalue weighted by atomic mass is 9.92. The third-order valence-corrected chi connectivity index (χ3v) is 8.97. The SMILES string of the molecule is CC[C@H](C)[C@H](NC(=O)[C@@H](C)CCCNC)C(=O)N(C)[C@H](C[C@@H](OC(C)=O)c1nc(C(=O)Oc2c(F)c(F)c(F)c(F)c2F)cs1)C(C)C. The first-order chi connectivity index (χ1) is 22.5. The van der Waals surface area contributed by atoms with E-state index >= 15 is 0 Å². The van der Waals surface area contributed by atoms with Crippen molar-refractivity contribution < 1.29 is 50.6 Å². The number of benzene rings is 1. The molecule has 2 amide bonds. The van der Waals surface area contributed by atoms with E-state index in [1.165, 1.54) is 4.90 Å². The number of amides is 2. The van der Waals surface area contributed by atoms with Crippen molar-refractivity contribution in [3.8, 4) is 5.75 Å². The van der Waals surface area contributed by atoms with Crippen LogP contribution in [0.4, 0.5) is 22.0 Å². The van der Waals surface area contributed by atoms with Gasteiger partial charge in [-0.05, 0) is 38.3 Å². The molecule has 1 aromatic heterocycles. The highest BCUT2D eigenvalue weighted by Gasteiger charge is 2.36. The van der Waals surface area contributed by atoms with E-state index in [0.29, 0.717) is 12.8 Å². The van der Waals surface area contributed by atoms with Crippen LogP contribution in [0.2, 0.25) is 0 Å². The number of ether oxygens (including phenoxy) is 2. The zero-order chi connectivity index (χ0) is 36.5. The van der Waals surface area contributed by atoms with E-state index < -0.39 is 70.7 Å². The van der Waals surface area contributed by atoms with Gasteiger partial charge in [-0.25, -0.2) is 22.9 Å². The lowest BCUT2D eigenvalue weighted by molar-refractivity contribution is -0.149. The first-order valence-electron chi connectivity index (χ1n) is 15.5. The number of hydrogen-bond donors (Lipinski definition) is 2. The summed E-state index contributed by atoms with van der Waals surface area (Å²) in [4.78, 5) is 57.2. The first kappa shape index (κ1) is 40.5. The minimum Gasteiger partial charge on any atom is -0.455 e. The molecule has 2 aromatic rings. The van der Waals surface area contributed by atoms with Gasteiger partial charge in [-0.3, -0.25) is 14.4 Å². The number of esters is 2. The number of rotatable bonds is 17. The Bertz CT molecular complexity index is 1430. The zero-order valence-electron chi connectivity index (χ0n) is 28.2. The van der Waals surface area contributed by atoms with Crippen molar-refractivity contribution in [2.24, 2.45) is 17.8 Å². The molecule has 48 heavy (non-hydrogen) atoms. The fourth-order valence-electron chi connectivity index (χ4n) is 4.92. The normalized spacial score (nSPS) is 14.5. The molecule has 10 nitrogen and oxygen atoms in total. The number of carbonyl (C=O) groups excluding carboxylic acids is 4. The van der Waals surface area contributed by atoms with Crippen LogP contribution in [-0.4, -0.2) is 66.4 Å². The summed E-state index contributed by atoms with van der Waals surface area (Å²) in [6, 6.07) is -1.41. The molecule has 0 bridgehead atoms. The Kier molecular flexibility index (Phi) is 15.4. The maximum atomic E-state index is 14.1. The maximum absolute atomic E-state index is 14.1. The van der Waals surface area contributed by atoms with Crippen LogP contribution in [0.1, 0.15) is 88.8 Å². The van der Waals surface area contributed by atoms with Gasteiger partial charge in [0.2, 0.25) is 46.6 Å². The number of thiazole rings is 1. The van der Waals surface area contributed by atoms with Crippen molar-refractivity contribution in [1.82, 2.24) is 20.5 Å². The molecular weight excluding hydrogens is 663 g/mol. The summed E-state index contributed by atoms with van der Waals surface area (Å²) < 4.78 is 78.8. The van der Waals surface area contributed by atoms with Crippen LogP contribution < -0.4 is 15.4 Å². The fourth-order valence-corrected chi connectivity index (χ4v) is 5.75. The molecule has 0 spiro atoms. The van der Waals surface area contributed by atoms with Crippen LogP contribution in [0.3, 0.4) is 0 Å². The Balaban J connectivity index is 2.33. The molecule has 2 N–H and O–H groups in total. The number of carbonyl (C=O) groups is 4. The first-order valence-corrected chi connectivity index (χ1v) is 16.4.